The molecule has 0 aromatic heterocycles. The highest BCUT2D eigenvalue weighted by atomic mass is 16.6. The summed E-state index contributed by atoms with van der Waals surface area (Å²) < 4.78 is 5.98. The summed E-state index contributed by atoms with van der Waals surface area (Å²) >= 11 is 0. The number of unbranched alkanes of at least 4 members (excludes halogenated alkanes) is 10. The minimum absolute atomic E-state index is 0.163. The van der Waals surface area contributed by atoms with Gasteiger partial charge in [0.2, 0.25) is 0 Å². The summed E-state index contributed by atoms with van der Waals surface area (Å²) in [4.78, 5) is 15.2. The highest BCUT2D eigenvalue weighted by Gasteiger charge is 2.16. The van der Waals surface area contributed by atoms with Gasteiger partial charge >= 0.3 is 6.09 Å². The van der Waals surface area contributed by atoms with Crippen molar-refractivity contribution in [3.63, 3.8) is 0 Å². The Labute approximate surface area is 212 Å². The first-order valence-corrected chi connectivity index (χ1v) is 14.1. The van der Waals surface area contributed by atoms with Crippen molar-refractivity contribution in [2.45, 2.75) is 97.5 Å². The monoisotopic (exact) mass is 475 g/mol. The lowest BCUT2D eigenvalue weighted by molar-refractivity contribution is 0.0954. The second kappa shape index (κ2) is 15.4. The van der Waals surface area contributed by atoms with Crippen LogP contribution in [0.3, 0.4) is 0 Å². The van der Waals surface area contributed by atoms with E-state index >= 15 is 0 Å². The zero-order valence-corrected chi connectivity index (χ0v) is 22.1. The van der Waals surface area contributed by atoms with Gasteiger partial charge < -0.3 is 9.64 Å². The van der Waals surface area contributed by atoms with E-state index in [1.54, 1.807) is 0 Å². The SMILES string of the molecule is CCCCCCCCN(CCCCCCCC)C(=O)OCc1c2ccccc2cc2ccccc12. The summed E-state index contributed by atoms with van der Waals surface area (Å²) in [5.74, 6) is 0. The normalized spacial score (nSPS) is 11.3. The Morgan fingerprint density at radius 1 is 0.657 bits per heavy atom. The third-order valence-electron chi connectivity index (χ3n) is 7.04. The van der Waals surface area contributed by atoms with Crippen LogP contribution in [0.1, 0.15) is 96.5 Å². The second-order valence-electron chi connectivity index (χ2n) is 9.87. The maximum absolute atomic E-state index is 13.2. The summed E-state index contributed by atoms with van der Waals surface area (Å²) in [6.07, 6.45) is 14.6. The Hall–Kier alpha value is -2.55. The quantitative estimate of drug-likeness (QED) is 0.152. The molecule has 0 aliphatic carbocycles. The number of hydrogen-bond donors (Lipinski definition) is 0. The van der Waals surface area contributed by atoms with E-state index in [0.717, 1.165) is 42.3 Å². The molecule has 3 rings (SSSR count). The van der Waals surface area contributed by atoms with Crippen LogP contribution in [0.5, 0.6) is 0 Å². The van der Waals surface area contributed by atoms with Crippen LogP contribution in [0.4, 0.5) is 4.79 Å². The number of ether oxygens (including phenoxy) is 1. The predicted molar refractivity (Wildman–Crippen MR) is 150 cm³/mol. The van der Waals surface area contributed by atoms with Gasteiger partial charge in [-0.1, -0.05) is 127 Å². The fourth-order valence-electron chi connectivity index (χ4n) is 4.95. The van der Waals surface area contributed by atoms with Crippen molar-refractivity contribution in [3.8, 4) is 0 Å². The van der Waals surface area contributed by atoms with Crippen LogP contribution in [0.2, 0.25) is 0 Å². The fraction of sp³-hybridized carbons (Fsp3) is 0.531. The molecule has 0 aliphatic rings. The Morgan fingerprint density at radius 3 is 1.63 bits per heavy atom. The minimum Gasteiger partial charge on any atom is -0.444 e. The van der Waals surface area contributed by atoms with Crippen molar-refractivity contribution in [1.29, 1.82) is 0 Å². The number of rotatable bonds is 16. The standard InChI is InChI=1S/C32H45NO2/c1-3-5-7-9-11-17-23-33(24-18-12-10-8-6-4-2)32(34)35-26-31-29-21-15-13-19-27(29)25-28-20-14-16-22-30(28)31/h13-16,19-22,25H,3-12,17-18,23-24,26H2,1-2H3. The van der Waals surface area contributed by atoms with Crippen molar-refractivity contribution in [1.82, 2.24) is 4.90 Å². The molecule has 0 saturated heterocycles. The van der Waals surface area contributed by atoms with Crippen LogP contribution < -0.4 is 0 Å². The van der Waals surface area contributed by atoms with Crippen molar-refractivity contribution in [2.75, 3.05) is 13.1 Å². The van der Waals surface area contributed by atoms with Crippen LogP contribution in [-0.2, 0) is 11.3 Å². The third kappa shape index (κ3) is 8.56. The first kappa shape index (κ1) is 27.0. The van der Waals surface area contributed by atoms with E-state index < -0.39 is 0 Å². The van der Waals surface area contributed by atoms with Gasteiger partial charge in [-0.3, -0.25) is 0 Å². The lowest BCUT2D eigenvalue weighted by Gasteiger charge is -2.23. The molecule has 3 nitrogen and oxygen atoms in total. The molecule has 1 amide bonds. The van der Waals surface area contributed by atoms with Crippen molar-refractivity contribution < 1.29 is 9.53 Å². The summed E-state index contributed by atoms with van der Waals surface area (Å²) in [5, 5.41) is 4.70. The molecule has 0 saturated carbocycles. The van der Waals surface area contributed by atoms with Crippen molar-refractivity contribution in [3.05, 3.63) is 60.2 Å². The summed E-state index contributed by atoms with van der Waals surface area (Å²) in [5.41, 5.74) is 1.10. The topological polar surface area (TPSA) is 29.5 Å². The molecule has 190 valence electrons. The van der Waals surface area contributed by atoms with Crippen LogP contribution in [-0.4, -0.2) is 24.1 Å². The average Bonchev–Trinajstić information content (AvgIpc) is 2.89. The Morgan fingerprint density at radius 2 is 1.11 bits per heavy atom. The predicted octanol–water partition coefficient (Wildman–Crippen LogP) is 9.65. The number of hydrogen-bond acceptors (Lipinski definition) is 2. The molecule has 0 heterocycles. The fourth-order valence-corrected chi connectivity index (χ4v) is 4.95. The first-order chi connectivity index (χ1) is 17.2. The second-order valence-corrected chi connectivity index (χ2v) is 9.87. The van der Waals surface area contributed by atoms with E-state index in [1.807, 2.05) is 4.90 Å². The lowest BCUT2D eigenvalue weighted by atomic mass is 9.97. The van der Waals surface area contributed by atoms with E-state index in [2.05, 4.69) is 68.4 Å². The van der Waals surface area contributed by atoms with Gasteiger partial charge in [-0.2, -0.15) is 0 Å². The highest BCUT2D eigenvalue weighted by molar-refractivity contribution is 6.02. The average molecular weight is 476 g/mol. The maximum Gasteiger partial charge on any atom is 0.410 e. The molecule has 3 heteroatoms. The van der Waals surface area contributed by atoms with E-state index in [-0.39, 0.29) is 6.09 Å². The number of carbonyl (C=O) groups excluding carboxylic acids is 1. The largest absolute Gasteiger partial charge is 0.444 e. The molecule has 0 aliphatic heterocycles. The van der Waals surface area contributed by atoms with E-state index in [9.17, 15) is 4.79 Å². The Balaban J connectivity index is 1.63. The van der Waals surface area contributed by atoms with E-state index in [0.29, 0.717) is 6.61 Å². The van der Waals surface area contributed by atoms with Crippen LogP contribution in [0.25, 0.3) is 21.5 Å². The number of fused-ring (bicyclic) bond motifs is 2. The molecule has 0 spiro atoms. The third-order valence-corrected chi connectivity index (χ3v) is 7.04. The molecule has 35 heavy (non-hydrogen) atoms. The molecule has 3 aromatic rings. The molecule has 3 aromatic carbocycles. The molecule has 0 bridgehead atoms. The molecular weight excluding hydrogens is 430 g/mol. The van der Waals surface area contributed by atoms with Crippen LogP contribution >= 0.6 is 0 Å². The van der Waals surface area contributed by atoms with Gasteiger partial charge in [0.05, 0.1) is 0 Å². The summed E-state index contributed by atoms with van der Waals surface area (Å²) in [6, 6.07) is 19.0. The minimum atomic E-state index is -0.163. The van der Waals surface area contributed by atoms with Crippen LogP contribution in [0, 0.1) is 0 Å². The lowest BCUT2D eigenvalue weighted by Crippen LogP contribution is -2.33. The molecule has 0 N–H and O–H groups in total. The van der Waals surface area contributed by atoms with Gasteiger partial charge in [-0.05, 0) is 40.5 Å². The highest BCUT2D eigenvalue weighted by Crippen LogP contribution is 2.29. The zero-order chi connectivity index (χ0) is 24.7. The van der Waals surface area contributed by atoms with Gasteiger partial charge in [0.15, 0.2) is 0 Å². The van der Waals surface area contributed by atoms with E-state index in [1.165, 1.54) is 75.0 Å². The number of nitrogens with zero attached hydrogens (tertiary/aromatic N) is 1. The molecule has 0 fully saturated rings. The Kier molecular flexibility index (Phi) is 11.9. The van der Waals surface area contributed by atoms with Gasteiger partial charge in [0.1, 0.15) is 6.61 Å². The smallest absolute Gasteiger partial charge is 0.410 e. The first-order valence-electron chi connectivity index (χ1n) is 14.1. The number of carbonyl (C=O) groups is 1. The number of amides is 1. The molecule has 0 unspecified atom stereocenters. The van der Waals surface area contributed by atoms with Gasteiger partial charge in [0, 0.05) is 18.7 Å². The van der Waals surface area contributed by atoms with Gasteiger partial charge in [-0.25, -0.2) is 4.79 Å². The Bertz CT molecular complexity index is 958. The summed E-state index contributed by atoms with van der Waals surface area (Å²) in [7, 11) is 0. The summed E-state index contributed by atoms with van der Waals surface area (Å²) in [6.45, 7) is 6.41. The van der Waals surface area contributed by atoms with E-state index in [4.69, 9.17) is 4.74 Å². The number of benzene rings is 3. The molecule has 0 atom stereocenters. The van der Waals surface area contributed by atoms with Crippen molar-refractivity contribution in [2.24, 2.45) is 0 Å². The molecular formula is C32H45NO2. The van der Waals surface area contributed by atoms with Crippen LogP contribution in [0.15, 0.2) is 54.6 Å². The van der Waals surface area contributed by atoms with Crippen molar-refractivity contribution >= 4 is 27.6 Å². The molecule has 0 radical (unpaired) electrons. The van der Waals surface area contributed by atoms with Gasteiger partial charge in [-0.15, -0.1) is 0 Å². The zero-order valence-electron chi connectivity index (χ0n) is 22.1. The van der Waals surface area contributed by atoms with Gasteiger partial charge in [0.25, 0.3) is 0 Å². The maximum atomic E-state index is 13.2.